The summed E-state index contributed by atoms with van der Waals surface area (Å²) in [5, 5.41) is 11.7. The third-order valence-corrected chi connectivity index (χ3v) is 1.14. The Morgan fingerprint density at radius 1 is 1.33 bits per heavy atom. The largest absolute Gasteiger partial charge is 0.396 e. The third-order valence-electron chi connectivity index (χ3n) is 1.14. The molecule has 0 amide bonds. The van der Waals surface area contributed by atoms with Crippen molar-refractivity contribution in [3.05, 3.63) is 0 Å². The molecule has 56 valence electrons. The molecule has 0 atom stereocenters. The highest BCUT2D eigenvalue weighted by molar-refractivity contribution is 4.51. The van der Waals surface area contributed by atoms with Crippen LogP contribution in [-0.4, -0.2) is 24.3 Å². The molecule has 0 aromatic rings. The summed E-state index contributed by atoms with van der Waals surface area (Å²) in [7, 11) is 0. The zero-order chi connectivity index (χ0) is 7.11. The van der Waals surface area contributed by atoms with Crippen LogP contribution in [0.5, 0.6) is 0 Å². The lowest BCUT2D eigenvalue weighted by Crippen LogP contribution is -2.23. The van der Waals surface area contributed by atoms with Gasteiger partial charge in [0.1, 0.15) is 0 Å². The number of hydrogen-bond acceptors (Lipinski definition) is 2. The molecule has 2 heteroatoms. The molecule has 0 bridgehead atoms. The fraction of sp³-hybridized carbons (Fsp3) is 1.00. The lowest BCUT2D eigenvalue weighted by atomic mass is 10.3. The quantitative estimate of drug-likeness (QED) is 0.540. The van der Waals surface area contributed by atoms with E-state index in [1.54, 1.807) is 0 Å². The Bertz CT molecular complexity index is 54.9. The van der Waals surface area contributed by atoms with Crippen LogP contribution in [0.3, 0.4) is 0 Å². The molecular formula is C7H17NO. The van der Waals surface area contributed by atoms with Gasteiger partial charge in [0.05, 0.1) is 0 Å². The highest BCUT2D eigenvalue weighted by Crippen LogP contribution is 1.85. The average molecular weight is 131 g/mol. The maximum absolute atomic E-state index is 8.40. The molecule has 0 unspecified atom stereocenters. The predicted molar refractivity (Wildman–Crippen MR) is 39.5 cm³/mol. The number of aliphatic hydroxyl groups is 1. The SMILES string of the molecule is CC(C)NCCCCO. The molecule has 0 rings (SSSR count). The molecule has 0 aliphatic heterocycles. The van der Waals surface area contributed by atoms with E-state index >= 15 is 0 Å². The maximum atomic E-state index is 8.40. The van der Waals surface area contributed by atoms with Crippen molar-refractivity contribution in [1.29, 1.82) is 0 Å². The number of unbranched alkanes of at least 4 members (excludes halogenated alkanes) is 1. The molecule has 0 radical (unpaired) electrons. The highest BCUT2D eigenvalue weighted by Gasteiger charge is 1.89. The fourth-order valence-electron chi connectivity index (χ4n) is 0.628. The standard InChI is InChI=1S/C7H17NO/c1-7(2)8-5-3-4-6-9/h7-9H,3-6H2,1-2H3. The van der Waals surface area contributed by atoms with Crippen molar-refractivity contribution in [2.24, 2.45) is 0 Å². The molecule has 0 spiro atoms. The summed E-state index contributed by atoms with van der Waals surface area (Å²) in [6.45, 7) is 5.59. The summed E-state index contributed by atoms with van der Waals surface area (Å²) in [5.74, 6) is 0. The minimum absolute atomic E-state index is 0.319. The molecule has 0 saturated heterocycles. The van der Waals surface area contributed by atoms with Crippen molar-refractivity contribution in [2.45, 2.75) is 32.7 Å². The van der Waals surface area contributed by atoms with Crippen molar-refractivity contribution in [3.8, 4) is 0 Å². The van der Waals surface area contributed by atoms with Gasteiger partial charge in [0.15, 0.2) is 0 Å². The van der Waals surface area contributed by atoms with Crippen molar-refractivity contribution in [3.63, 3.8) is 0 Å². The normalized spacial score (nSPS) is 10.7. The number of rotatable bonds is 5. The van der Waals surface area contributed by atoms with Gasteiger partial charge in [-0.15, -0.1) is 0 Å². The van der Waals surface area contributed by atoms with Gasteiger partial charge in [-0.2, -0.15) is 0 Å². The smallest absolute Gasteiger partial charge is 0.0431 e. The first-order valence-corrected chi connectivity index (χ1v) is 3.61. The third kappa shape index (κ3) is 7.92. The molecule has 0 heterocycles. The topological polar surface area (TPSA) is 32.3 Å². The molecule has 2 nitrogen and oxygen atoms in total. The van der Waals surface area contributed by atoms with E-state index in [9.17, 15) is 0 Å². The van der Waals surface area contributed by atoms with E-state index in [4.69, 9.17) is 5.11 Å². The van der Waals surface area contributed by atoms with Crippen LogP contribution in [0.25, 0.3) is 0 Å². The van der Waals surface area contributed by atoms with Crippen LogP contribution in [0, 0.1) is 0 Å². The summed E-state index contributed by atoms with van der Waals surface area (Å²) < 4.78 is 0. The highest BCUT2D eigenvalue weighted by atomic mass is 16.2. The van der Waals surface area contributed by atoms with Crippen molar-refractivity contribution in [2.75, 3.05) is 13.2 Å². The van der Waals surface area contributed by atoms with E-state index in [0.29, 0.717) is 12.6 Å². The number of hydrogen-bond donors (Lipinski definition) is 2. The van der Waals surface area contributed by atoms with E-state index in [2.05, 4.69) is 19.2 Å². The van der Waals surface area contributed by atoms with Crippen LogP contribution in [0.2, 0.25) is 0 Å². The van der Waals surface area contributed by atoms with Crippen molar-refractivity contribution >= 4 is 0 Å². The minimum atomic E-state index is 0.319. The Balaban J connectivity index is 2.75. The molecule has 0 aromatic carbocycles. The summed E-state index contributed by atoms with van der Waals surface area (Å²) >= 11 is 0. The van der Waals surface area contributed by atoms with Crippen LogP contribution in [0.4, 0.5) is 0 Å². The van der Waals surface area contributed by atoms with Gasteiger partial charge in [-0.25, -0.2) is 0 Å². The van der Waals surface area contributed by atoms with Gasteiger partial charge in [-0.05, 0) is 19.4 Å². The van der Waals surface area contributed by atoms with Crippen LogP contribution < -0.4 is 5.32 Å². The van der Waals surface area contributed by atoms with Crippen LogP contribution in [0.1, 0.15) is 26.7 Å². The first-order valence-electron chi connectivity index (χ1n) is 3.61. The lowest BCUT2D eigenvalue weighted by molar-refractivity contribution is 0.283. The number of nitrogens with one attached hydrogen (secondary N) is 1. The summed E-state index contributed by atoms with van der Waals surface area (Å²) in [6.07, 6.45) is 1.99. The van der Waals surface area contributed by atoms with E-state index < -0.39 is 0 Å². The van der Waals surface area contributed by atoms with Gasteiger partial charge in [-0.3, -0.25) is 0 Å². The molecular weight excluding hydrogens is 114 g/mol. The van der Waals surface area contributed by atoms with Crippen molar-refractivity contribution in [1.82, 2.24) is 5.32 Å². The summed E-state index contributed by atoms with van der Waals surface area (Å²) in [4.78, 5) is 0. The second-order valence-corrected chi connectivity index (χ2v) is 2.54. The van der Waals surface area contributed by atoms with Gasteiger partial charge in [0.25, 0.3) is 0 Å². The first-order chi connectivity index (χ1) is 4.27. The molecule has 2 N–H and O–H groups in total. The van der Waals surface area contributed by atoms with E-state index in [1.807, 2.05) is 0 Å². The monoisotopic (exact) mass is 131 g/mol. The number of aliphatic hydroxyl groups excluding tert-OH is 1. The Labute approximate surface area is 57.3 Å². The first kappa shape index (κ1) is 8.92. The van der Waals surface area contributed by atoms with Gasteiger partial charge in [0, 0.05) is 12.6 Å². The molecule has 0 saturated carbocycles. The Hall–Kier alpha value is -0.0800. The molecule has 0 aromatic heterocycles. The van der Waals surface area contributed by atoms with E-state index in [-0.39, 0.29) is 0 Å². The molecule has 0 aliphatic rings. The Morgan fingerprint density at radius 3 is 2.44 bits per heavy atom. The summed E-state index contributed by atoms with van der Waals surface area (Å²) in [5.41, 5.74) is 0. The van der Waals surface area contributed by atoms with Crippen LogP contribution in [0.15, 0.2) is 0 Å². The average Bonchev–Trinajstić information content (AvgIpc) is 1.80. The van der Waals surface area contributed by atoms with Crippen LogP contribution in [-0.2, 0) is 0 Å². The molecule has 0 fully saturated rings. The van der Waals surface area contributed by atoms with Gasteiger partial charge < -0.3 is 10.4 Å². The zero-order valence-corrected chi connectivity index (χ0v) is 6.35. The second-order valence-electron chi connectivity index (χ2n) is 2.54. The van der Waals surface area contributed by atoms with Crippen molar-refractivity contribution < 1.29 is 5.11 Å². The Kier molecular flexibility index (Phi) is 5.99. The molecule has 9 heavy (non-hydrogen) atoms. The minimum Gasteiger partial charge on any atom is -0.396 e. The van der Waals surface area contributed by atoms with Gasteiger partial charge >= 0.3 is 0 Å². The molecule has 0 aliphatic carbocycles. The lowest BCUT2D eigenvalue weighted by Gasteiger charge is -2.05. The van der Waals surface area contributed by atoms with Gasteiger partial charge in [-0.1, -0.05) is 13.8 Å². The predicted octanol–water partition coefficient (Wildman–Crippen LogP) is 0.757. The zero-order valence-electron chi connectivity index (χ0n) is 6.35. The summed E-state index contributed by atoms with van der Waals surface area (Å²) in [6, 6.07) is 0.573. The van der Waals surface area contributed by atoms with E-state index in [0.717, 1.165) is 19.4 Å². The Morgan fingerprint density at radius 2 is 2.00 bits per heavy atom. The second kappa shape index (κ2) is 6.05. The fourth-order valence-corrected chi connectivity index (χ4v) is 0.628. The maximum Gasteiger partial charge on any atom is 0.0431 e. The van der Waals surface area contributed by atoms with Crippen LogP contribution >= 0.6 is 0 Å². The van der Waals surface area contributed by atoms with E-state index in [1.165, 1.54) is 0 Å². The van der Waals surface area contributed by atoms with Gasteiger partial charge in [0.2, 0.25) is 0 Å².